The lowest BCUT2D eigenvalue weighted by molar-refractivity contribution is -0.277. The van der Waals surface area contributed by atoms with Crippen molar-refractivity contribution in [3.8, 4) is 34.3 Å². The van der Waals surface area contributed by atoms with Crippen LogP contribution in [0.2, 0.25) is 0 Å². The number of hydrogen-bond donors (Lipinski definition) is 7. The van der Waals surface area contributed by atoms with Gasteiger partial charge in [0, 0.05) is 17.7 Å². The molecule has 1 aliphatic rings. The van der Waals surface area contributed by atoms with Crippen LogP contribution in [0.1, 0.15) is 0 Å². The molecule has 170 valence electrons. The lowest BCUT2D eigenvalue weighted by atomic mass is 9.99. The molecule has 0 spiro atoms. The maximum absolute atomic E-state index is 12.7. The van der Waals surface area contributed by atoms with Crippen molar-refractivity contribution in [3.05, 3.63) is 46.6 Å². The first-order valence-corrected chi connectivity index (χ1v) is 9.50. The maximum Gasteiger partial charge on any atom is 0.229 e. The van der Waals surface area contributed by atoms with Gasteiger partial charge in [-0.25, -0.2) is 0 Å². The third-order valence-electron chi connectivity index (χ3n) is 5.16. The van der Waals surface area contributed by atoms with Crippen molar-refractivity contribution < 1.29 is 49.6 Å². The van der Waals surface area contributed by atoms with Crippen LogP contribution >= 0.6 is 0 Å². The van der Waals surface area contributed by atoms with Gasteiger partial charge in [0.25, 0.3) is 0 Å². The van der Waals surface area contributed by atoms with Crippen molar-refractivity contribution in [1.82, 2.24) is 0 Å². The van der Waals surface area contributed by atoms with Gasteiger partial charge in [0.05, 0.1) is 6.61 Å². The zero-order valence-electron chi connectivity index (χ0n) is 16.3. The van der Waals surface area contributed by atoms with E-state index in [1.165, 1.54) is 24.3 Å². The highest BCUT2D eigenvalue weighted by molar-refractivity contribution is 5.89. The Balaban J connectivity index is 1.74. The van der Waals surface area contributed by atoms with Crippen molar-refractivity contribution in [3.63, 3.8) is 0 Å². The number of aromatic hydroxyl groups is 3. The van der Waals surface area contributed by atoms with Crippen LogP contribution in [0.15, 0.2) is 45.6 Å². The molecule has 1 aliphatic heterocycles. The van der Waals surface area contributed by atoms with Gasteiger partial charge in [0.1, 0.15) is 46.9 Å². The number of fused-ring (bicyclic) bond motifs is 1. The molecule has 1 saturated heterocycles. The van der Waals surface area contributed by atoms with E-state index in [0.717, 1.165) is 12.1 Å². The number of benzene rings is 2. The lowest BCUT2D eigenvalue weighted by Gasteiger charge is -2.39. The predicted octanol–water partition coefficient (Wildman–Crippen LogP) is -0.245. The van der Waals surface area contributed by atoms with E-state index in [1.807, 2.05) is 0 Å². The summed E-state index contributed by atoms with van der Waals surface area (Å²) in [4.78, 5) is 12.7. The summed E-state index contributed by atoms with van der Waals surface area (Å²) in [6.07, 6.45) is -8.13. The second-order valence-electron chi connectivity index (χ2n) is 7.28. The SMILES string of the molecule is O=c1cc(-c2ccc(O)cc2)oc2cc(O)c(O[C@H]3O[C@H](CO)[C@H](O)[C@H](O)[C@H]3O)c(O)c12. The number of phenols is 3. The molecule has 2 aromatic carbocycles. The van der Waals surface area contributed by atoms with Gasteiger partial charge in [-0.1, -0.05) is 0 Å². The fourth-order valence-corrected chi connectivity index (χ4v) is 3.44. The highest BCUT2D eigenvalue weighted by atomic mass is 16.7. The lowest BCUT2D eigenvalue weighted by Crippen LogP contribution is -2.60. The van der Waals surface area contributed by atoms with Crippen molar-refractivity contribution in [1.29, 1.82) is 0 Å². The zero-order valence-corrected chi connectivity index (χ0v) is 16.3. The first-order chi connectivity index (χ1) is 15.2. The molecule has 0 bridgehead atoms. The van der Waals surface area contributed by atoms with E-state index >= 15 is 0 Å². The van der Waals surface area contributed by atoms with Crippen LogP contribution < -0.4 is 10.2 Å². The Morgan fingerprint density at radius 1 is 0.938 bits per heavy atom. The number of phenolic OH excluding ortho intramolecular Hbond substituents is 3. The molecule has 0 radical (unpaired) electrons. The van der Waals surface area contributed by atoms with Gasteiger partial charge in [0.2, 0.25) is 12.0 Å². The Morgan fingerprint density at radius 2 is 1.62 bits per heavy atom. The zero-order chi connectivity index (χ0) is 23.2. The largest absolute Gasteiger partial charge is 0.508 e. The summed E-state index contributed by atoms with van der Waals surface area (Å²) in [5, 5.41) is 69.1. The number of ether oxygens (including phenoxy) is 2. The average Bonchev–Trinajstić information content (AvgIpc) is 2.76. The van der Waals surface area contributed by atoms with Crippen LogP contribution in [0.5, 0.6) is 23.0 Å². The molecule has 0 amide bonds. The highest BCUT2D eigenvalue weighted by Crippen LogP contribution is 2.43. The first kappa shape index (κ1) is 21.9. The molecule has 11 nitrogen and oxygen atoms in total. The molecule has 5 atom stereocenters. The van der Waals surface area contributed by atoms with Crippen molar-refractivity contribution in [2.45, 2.75) is 30.7 Å². The summed E-state index contributed by atoms with van der Waals surface area (Å²) < 4.78 is 16.1. The van der Waals surface area contributed by atoms with E-state index in [1.54, 1.807) is 0 Å². The Morgan fingerprint density at radius 3 is 2.28 bits per heavy atom. The topological polar surface area (TPSA) is 190 Å². The molecule has 0 saturated carbocycles. The molecule has 2 heterocycles. The van der Waals surface area contributed by atoms with Gasteiger partial charge >= 0.3 is 0 Å². The van der Waals surface area contributed by atoms with Crippen LogP contribution in [0.4, 0.5) is 0 Å². The standard InChI is InChI=1S/C21H20O11/c22-7-14-16(26)18(28)19(29)21(31-14)32-20-11(25)6-13-15(17(20)27)10(24)5-12(30-13)8-1-3-9(23)4-2-8/h1-6,14,16,18-19,21-23,25-29H,7H2/t14-,16+,18+,19-,21-/m1/s1. The van der Waals surface area contributed by atoms with E-state index in [0.29, 0.717) is 5.56 Å². The van der Waals surface area contributed by atoms with Crippen LogP contribution in [-0.4, -0.2) is 73.1 Å². The molecule has 32 heavy (non-hydrogen) atoms. The van der Waals surface area contributed by atoms with Crippen molar-refractivity contribution in [2.24, 2.45) is 0 Å². The van der Waals surface area contributed by atoms with E-state index in [4.69, 9.17) is 13.9 Å². The van der Waals surface area contributed by atoms with E-state index in [2.05, 4.69) is 0 Å². The van der Waals surface area contributed by atoms with Crippen LogP contribution in [0, 0.1) is 0 Å². The number of aliphatic hydroxyl groups is 4. The number of rotatable bonds is 4. The number of hydrogen-bond acceptors (Lipinski definition) is 11. The van der Waals surface area contributed by atoms with Crippen LogP contribution in [0.25, 0.3) is 22.3 Å². The van der Waals surface area contributed by atoms with Crippen molar-refractivity contribution >= 4 is 11.0 Å². The monoisotopic (exact) mass is 448 g/mol. The molecule has 0 aliphatic carbocycles. The minimum absolute atomic E-state index is 0.0159. The predicted molar refractivity (Wildman–Crippen MR) is 107 cm³/mol. The van der Waals surface area contributed by atoms with Crippen LogP contribution in [0.3, 0.4) is 0 Å². The summed E-state index contributed by atoms with van der Waals surface area (Å²) in [5.74, 6) is -1.97. The van der Waals surface area contributed by atoms with Gasteiger partial charge in [-0.3, -0.25) is 4.79 Å². The fraction of sp³-hybridized carbons (Fsp3) is 0.286. The summed E-state index contributed by atoms with van der Waals surface area (Å²) in [6, 6.07) is 7.92. The summed E-state index contributed by atoms with van der Waals surface area (Å²) in [5.41, 5.74) is -0.385. The molecule has 3 aromatic rings. The highest BCUT2D eigenvalue weighted by Gasteiger charge is 2.45. The third kappa shape index (κ3) is 3.72. The molecule has 7 N–H and O–H groups in total. The molecule has 4 rings (SSSR count). The molecular weight excluding hydrogens is 428 g/mol. The molecule has 1 aromatic heterocycles. The van der Waals surface area contributed by atoms with Gasteiger partial charge in [0.15, 0.2) is 16.9 Å². The molecule has 0 unspecified atom stereocenters. The summed E-state index contributed by atoms with van der Waals surface area (Å²) in [6.45, 7) is -0.704. The van der Waals surface area contributed by atoms with Gasteiger partial charge in [-0.15, -0.1) is 0 Å². The fourth-order valence-electron chi connectivity index (χ4n) is 3.44. The Labute approximate surface area is 179 Å². The Bertz CT molecular complexity index is 1190. The maximum atomic E-state index is 12.7. The third-order valence-corrected chi connectivity index (χ3v) is 5.16. The smallest absolute Gasteiger partial charge is 0.229 e. The van der Waals surface area contributed by atoms with Crippen LogP contribution in [-0.2, 0) is 4.74 Å². The minimum atomic E-state index is -1.80. The average molecular weight is 448 g/mol. The second-order valence-corrected chi connectivity index (χ2v) is 7.28. The van der Waals surface area contributed by atoms with Gasteiger partial charge in [-0.05, 0) is 24.3 Å². The Kier molecular flexibility index (Phi) is 5.67. The summed E-state index contributed by atoms with van der Waals surface area (Å²) >= 11 is 0. The normalized spacial score (nSPS) is 25.7. The van der Waals surface area contributed by atoms with E-state index in [9.17, 15) is 40.5 Å². The molecule has 11 heteroatoms. The molecular formula is C21H20O11. The Hall–Kier alpha value is -3.35. The van der Waals surface area contributed by atoms with E-state index in [-0.39, 0.29) is 22.5 Å². The van der Waals surface area contributed by atoms with Gasteiger partial charge in [-0.2, -0.15) is 0 Å². The first-order valence-electron chi connectivity index (χ1n) is 9.50. The molecule has 1 fully saturated rings. The van der Waals surface area contributed by atoms with Gasteiger partial charge < -0.3 is 49.6 Å². The number of aliphatic hydroxyl groups excluding tert-OH is 4. The quantitative estimate of drug-likeness (QED) is 0.279. The van der Waals surface area contributed by atoms with Crippen molar-refractivity contribution in [2.75, 3.05) is 6.61 Å². The second kappa shape index (κ2) is 8.30. The van der Waals surface area contributed by atoms with E-state index < -0.39 is 60.0 Å². The summed E-state index contributed by atoms with van der Waals surface area (Å²) in [7, 11) is 0. The minimum Gasteiger partial charge on any atom is -0.508 e.